The van der Waals surface area contributed by atoms with Gasteiger partial charge in [-0.1, -0.05) is 42.8 Å². The van der Waals surface area contributed by atoms with E-state index in [-0.39, 0.29) is 34.9 Å². The third-order valence-corrected chi connectivity index (χ3v) is 8.47. The number of carbonyl (C=O) groups excluding carboxylic acids is 1. The molecule has 1 N–H and O–H groups in total. The van der Waals surface area contributed by atoms with E-state index in [1.807, 2.05) is 47.0 Å². The fourth-order valence-electron chi connectivity index (χ4n) is 6.39. The van der Waals surface area contributed by atoms with Crippen LogP contribution in [0, 0.1) is 5.82 Å². The van der Waals surface area contributed by atoms with E-state index in [0.717, 1.165) is 49.9 Å². The number of aryl methyl sites for hydroxylation is 1. The summed E-state index contributed by atoms with van der Waals surface area (Å²) in [5, 5.41) is 18.2. The monoisotopic (exact) mass is 555 g/mol. The summed E-state index contributed by atoms with van der Waals surface area (Å²) in [6, 6.07) is 14.1. The molecule has 212 valence electrons. The highest BCUT2D eigenvalue weighted by Crippen LogP contribution is 2.55. The molecule has 9 heteroatoms. The highest BCUT2D eigenvalue weighted by molar-refractivity contribution is 5.96. The number of aromatic carboxylic acids is 1. The van der Waals surface area contributed by atoms with E-state index in [4.69, 9.17) is 0 Å². The highest BCUT2D eigenvalue weighted by atomic mass is 19.1. The molecular weight excluding hydrogens is 521 g/mol. The molecule has 2 aromatic carbocycles. The molecule has 1 aliphatic heterocycles. The van der Waals surface area contributed by atoms with Crippen molar-refractivity contribution in [2.24, 2.45) is 7.05 Å². The van der Waals surface area contributed by atoms with Gasteiger partial charge in [-0.15, -0.1) is 5.10 Å². The van der Waals surface area contributed by atoms with Gasteiger partial charge in [0, 0.05) is 60.8 Å². The number of carboxylic acids is 1. The molecule has 1 aliphatic carbocycles. The summed E-state index contributed by atoms with van der Waals surface area (Å²) < 4.78 is 19.6. The van der Waals surface area contributed by atoms with E-state index in [1.165, 1.54) is 0 Å². The lowest BCUT2D eigenvalue weighted by molar-refractivity contribution is 0.0595. The maximum atomic E-state index is 16.0. The van der Waals surface area contributed by atoms with Crippen molar-refractivity contribution in [2.45, 2.75) is 63.3 Å². The number of carboxylic acid groups (broad SMARTS) is 1. The fourth-order valence-corrected chi connectivity index (χ4v) is 6.39. The first-order valence-electron chi connectivity index (χ1n) is 14.4. The average molecular weight is 556 g/mol. The van der Waals surface area contributed by atoms with E-state index in [9.17, 15) is 14.7 Å². The Morgan fingerprint density at radius 1 is 1.07 bits per heavy atom. The molecule has 6 rings (SSSR count). The van der Waals surface area contributed by atoms with Crippen LogP contribution in [-0.4, -0.2) is 54.0 Å². The predicted octanol–water partition coefficient (Wildman–Crippen LogP) is 6.18. The van der Waals surface area contributed by atoms with Gasteiger partial charge in [-0.3, -0.25) is 9.48 Å². The van der Waals surface area contributed by atoms with Gasteiger partial charge < -0.3 is 14.6 Å². The molecule has 4 aromatic rings. The molecule has 2 aromatic heterocycles. The molecule has 8 nitrogen and oxygen atoms in total. The van der Waals surface area contributed by atoms with Gasteiger partial charge in [-0.05, 0) is 61.9 Å². The molecule has 0 radical (unpaired) electrons. The van der Waals surface area contributed by atoms with Crippen molar-refractivity contribution in [3.63, 3.8) is 0 Å². The van der Waals surface area contributed by atoms with Crippen molar-refractivity contribution < 1.29 is 19.1 Å². The van der Waals surface area contributed by atoms with Crippen LogP contribution >= 0.6 is 0 Å². The maximum absolute atomic E-state index is 16.0. The summed E-state index contributed by atoms with van der Waals surface area (Å²) in [5.41, 5.74) is 3.57. The topological polar surface area (TPSA) is 93.2 Å². The lowest BCUT2D eigenvalue weighted by Crippen LogP contribution is -2.44. The Morgan fingerprint density at radius 3 is 2.66 bits per heavy atom. The van der Waals surface area contributed by atoms with E-state index >= 15 is 4.39 Å². The normalized spacial score (nSPS) is 20.3. The fraction of sp³-hybridized carbons (Fsp3) is 0.375. The number of aromatic nitrogens is 4. The van der Waals surface area contributed by atoms with Gasteiger partial charge >= 0.3 is 5.97 Å². The van der Waals surface area contributed by atoms with Gasteiger partial charge in [-0.2, -0.15) is 0 Å². The summed E-state index contributed by atoms with van der Waals surface area (Å²) in [6.45, 7) is 2.77. The minimum Gasteiger partial charge on any atom is -0.478 e. The van der Waals surface area contributed by atoms with Crippen molar-refractivity contribution in [3.8, 4) is 16.8 Å². The van der Waals surface area contributed by atoms with Crippen LogP contribution < -0.4 is 0 Å². The molecule has 0 spiro atoms. The van der Waals surface area contributed by atoms with E-state index in [1.54, 1.807) is 35.1 Å². The highest BCUT2D eigenvalue weighted by Gasteiger charge is 2.45. The van der Waals surface area contributed by atoms with Gasteiger partial charge in [-0.25, -0.2) is 9.18 Å². The zero-order valence-corrected chi connectivity index (χ0v) is 23.3. The Balaban J connectivity index is 1.34. The molecule has 1 saturated carbocycles. The molecule has 3 heterocycles. The molecule has 1 amide bonds. The van der Waals surface area contributed by atoms with Crippen LogP contribution in [-0.2, 0) is 7.05 Å². The molecule has 41 heavy (non-hydrogen) atoms. The first-order chi connectivity index (χ1) is 19.9. The van der Waals surface area contributed by atoms with E-state index in [0.29, 0.717) is 23.4 Å². The second-order valence-corrected chi connectivity index (χ2v) is 11.2. The lowest BCUT2D eigenvalue weighted by Gasteiger charge is -2.36. The van der Waals surface area contributed by atoms with Gasteiger partial charge in [0.1, 0.15) is 5.82 Å². The van der Waals surface area contributed by atoms with E-state index < -0.39 is 11.8 Å². The third kappa shape index (κ3) is 5.05. The number of hydrogen-bond donors (Lipinski definition) is 1. The van der Waals surface area contributed by atoms with Gasteiger partial charge in [0.25, 0.3) is 5.91 Å². The number of rotatable bonds is 8. The lowest BCUT2D eigenvalue weighted by atomic mass is 9.96. The number of benzene rings is 2. The number of likely N-dealkylation sites (tertiary alicyclic amines) is 1. The van der Waals surface area contributed by atoms with Crippen molar-refractivity contribution in [1.82, 2.24) is 24.5 Å². The molecule has 1 saturated heterocycles. The molecule has 0 unspecified atom stereocenters. The number of amides is 1. The average Bonchev–Trinajstić information content (AvgIpc) is 3.42. The molecule has 3 atom stereocenters. The first-order valence-corrected chi connectivity index (χ1v) is 14.4. The van der Waals surface area contributed by atoms with E-state index in [2.05, 4.69) is 17.2 Å². The predicted molar refractivity (Wildman–Crippen MR) is 153 cm³/mol. The van der Waals surface area contributed by atoms with Crippen LogP contribution in [0.25, 0.3) is 16.8 Å². The molecule has 2 fully saturated rings. The van der Waals surface area contributed by atoms with Crippen LogP contribution in [0.3, 0.4) is 0 Å². The van der Waals surface area contributed by atoms with Gasteiger partial charge in [0.2, 0.25) is 0 Å². The maximum Gasteiger partial charge on any atom is 0.337 e. The first kappa shape index (κ1) is 26.9. The SMILES string of the molecule is CCC[C@@H]1CCCCN1C(=O)c1cccc(-c2cccc(-n3ccc(C(=O)O)c3[C@@H]3C[C@H]3c3cn(C)nn3)c2)c1F. The summed E-state index contributed by atoms with van der Waals surface area (Å²) in [6.07, 6.45) is 9.28. The summed E-state index contributed by atoms with van der Waals surface area (Å²) in [5.74, 6) is -1.70. The summed E-state index contributed by atoms with van der Waals surface area (Å²) in [7, 11) is 1.81. The summed E-state index contributed by atoms with van der Waals surface area (Å²) >= 11 is 0. The number of piperidine rings is 1. The molecular formula is C32H34FN5O3. The second kappa shape index (κ2) is 11.0. The van der Waals surface area contributed by atoms with Crippen molar-refractivity contribution >= 4 is 11.9 Å². The smallest absolute Gasteiger partial charge is 0.337 e. The second-order valence-electron chi connectivity index (χ2n) is 11.2. The van der Waals surface area contributed by atoms with Crippen molar-refractivity contribution in [1.29, 1.82) is 0 Å². The van der Waals surface area contributed by atoms with Crippen molar-refractivity contribution in [3.05, 3.63) is 89.3 Å². The number of carbonyl (C=O) groups is 2. The number of hydrogen-bond acceptors (Lipinski definition) is 4. The standard InChI is InChI=1S/C32H34FN5O3/c1-3-8-21-10-4-5-15-38(21)31(39)24-13-7-12-23(29(24)33)20-9-6-11-22(17-20)37-16-14-25(32(40)41)30(37)27-18-26(27)28-19-36(2)35-34-28/h6-7,9,11-14,16-17,19,21,26-27H,3-5,8,10,15,18H2,1-2H3,(H,40,41)/t21-,26-,27-/m1/s1. The van der Waals surface area contributed by atoms with Crippen LogP contribution in [0.2, 0.25) is 0 Å². The number of nitrogens with zero attached hydrogens (tertiary/aromatic N) is 5. The Labute approximate surface area is 238 Å². The minimum atomic E-state index is -0.990. The van der Waals surface area contributed by atoms with Gasteiger partial charge in [0.05, 0.1) is 16.8 Å². The Hall–Kier alpha value is -4.27. The van der Waals surface area contributed by atoms with Gasteiger partial charge in [0.15, 0.2) is 0 Å². The quantitative estimate of drug-likeness (QED) is 0.280. The van der Waals surface area contributed by atoms with Crippen molar-refractivity contribution in [2.75, 3.05) is 6.54 Å². The Kier molecular flexibility index (Phi) is 7.19. The minimum absolute atomic E-state index is 0.0187. The Morgan fingerprint density at radius 2 is 1.90 bits per heavy atom. The third-order valence-electron chi connectivity index (χ3n) is 8.47. The van der Waals surface area contributed by atoms with Crippen LogP contribution in [0.5, 0.6) is 0 Å². The van der Waals surface area contributed by atoms with Crippen LogP contribution in [0.4, 0.5) is 4.39 Å². The zero-order valence-electron chi connectivity index (χ0n) is 23.3. The van der Waals surface area contributed by atoms with Crippen LogP contribution in [0.1, 0.15) is 89.4 Å². The largest absolute Gasteiger partial charge is 0.478 e. The number of halogens is 1. The molecule has 0 bridgehead atoms. The van der Waals surface area contributed by atoms with Crippen LogP contribution in [0.15, 0.2) is 60.9 Å². The molecule has 2 aliphatic rings. The summed E-state index contributed by atoms with van der Waals surface area (Å²) in [4.78, 5) is 27.5. The Bertz CT molecular complexity index is 1610. The zero-order chi connectivity index (χ0) is 28.7.